The fraction of sp³-hybridized carbons (Fsp3) is 0.0714. The summed E-state index contributed by atoms with van der Waals surface area (Å²) in [5, 5.41) is 0. The van der Waals surface area contributed by atoms with Crippen LogP contribution in [0, 0.1) is 0 Å². The maximum absolute atomic E-state index is 5.40. The number of methoxy groups -OCH3 is 1. The summed E-state index contributed by atoms with van der Waals surface area (Å²) in [4.78, 5) is 4.48. The summed E-state index contributed by atoms with van der Waals surface area (Å²) in [7, 11) is 1.67. The molecule has 0 N–H and O–H groups in total. The Balaban J connectivity index is 2.29. The van der Waals surface area contributed by atoms with Crippen LogP contribution in [0.1, 0.15) is 0 Å². The fourth-order valence-electron chi connectivity index (χ4n) is 2.00. The minimum atomic E-state index is 0.814. The van der Waals surface area contributed by atoms with Crippen molar-refractivity contribution in [2.75, 3.05) is 7.11 Å². The molecule has 0 aliphatic carbocycles. The van der Waals surface area contributed by atoms with Crippen LogP contribution < -0.4 is 4.74 Å². The topological polar surface area (TPSA) is 26.5 Å². The molecule has 90 valence electrons. The van der Waals surface area contributed by atoms with Crippen molar-refractivity contribution in [3.05, 3.63) is 53.3 Å². The first-order valence-electron chi connectivity index (χ1n) is 5.55. The van der Waals surface area contributed by atoms with Crippen molar-refractivity contribution in [3.8, 4) is 17.1 Å². The molecule has 0 fully saturated rings. The third-order valence-corrected chi connectivity index (χ3v) is 3.33. The number of ether oxygens (including phenoxy) is 1. The van der Waals surface area contributed by atoms with Crippen molar-refractivity contribution < 1.29 is 4.74 Å². The highest BCUT2D eigenvalue weighted by Crippen LogP contribution is 2.32. The molecular formula is C14H11BrN2O. The quantitative estimate of drug-likeness (QED) is 0.720. The fourth-order valence-corrected chi connectivity index (χ4v) is 2.36. The number of hydrogen-bond donors (Lipinski definition) is 0. The van der Waals surface area contributed by atoms with E-state index in [2.05, 4.69) is 20.9 Å². The Morgan fingerprint density at radius 1 is 1.22 bits per heavy atom. The minimum absolute atomic E-state index is 0.814. The van der Waals surface area contributed by atoms with Gasteiger partial charge in [0, 0.05) is 10.7 Å². The van der Waals surface area contributed by atoms with E-state index in [4.69, 9.17) is 4.74 Å². The van der Waals surface area contributed by atoms with Gasteiger partial charge in [-0.1, -0.05) is 22.0 Å². The molecule has 2 heterocycles. The normalized spacial score (nSPS) is 10.8. The maximum atomic E-state index is 5.40. The second kappa shape index (κ2) is 4.46. The molecule has 0 saturated heterocycles. The Kier molecular flexibility index (Phi) is 2.80. The Hall–Kier alpha value is -1.81. The molecule has 0 spiro atoms. The van der Waals surface area contributed by atoms with E-state index in [0.717, 1.165) is 27.1 Å². The van der Waals surface area contributed by atoms with Gasteiger partial charge in [-0.2, -0.15) is 0 Å². The standard InChI is InChI=1S/C14H11BrN2O/c1-18-13-6-5-10(15)8-12(13)14-16-9-11-4-2-3-7-17(11)14/h2-9H,1H3. The second-order valence-corrected chi connectivity index (χ2v) is 4.84. The van der Waals surface area contributed by atoms with E-state index in [1.165, 1.54) is 0 Å². The molecule has 0 saturated carbocycles. The van der Waals surface area contributed by atoms with Crippen LogP contribution >= 0.6 is 15.9 Å². The van der Waals surface area contributed by atoms with E-state index < -0.39 is 0 Å². The van der Waals surface area contributed by atoms with E-state index in [0.29, 0.717) is 0 Å². The summed E-state index contributed by atoms with van der Waals surface area (Å²) >= 11 is 3.48. The van der Waals surface area contributed by atoms with Gasteiger partial charge in [0.05, 0.1) is 24.4 Å². The lowest BCUT2D eigenvalue weighted by molar-refractivity contribution is 0.416. The third-order valence-electron chi connectivity index (χ3n) is 2.84. The van der Waals surface area contributed by atoms with Crippen LogP contribution in [0.5, 0.6) is 5.75 Å². The van der Waals surface area contributed by atoms with Crippen molar-refractivity contribution in [1.82, 2.24) is 9.38 Å². The highest BCUT2D eigenvalue weighted by Gasteiger charge is 2.11. The monoisotopic (exact) mass is 302 g/mol. The summed E-state index contributed by atoms with van der Waals surface area (Å²) in [6, 6.07) is 11.9. The summed E-state index contributed by atoms with van der Waals surface area (Å²) in [5.41, 5.74) is 2.03. The molecule has 3 aromatic rings. The Bertz CT molecular complexity index is 706. The molecule has 0 radical (unpaired) electrons. The van der Waals surface area contributed by atoms with E-state index >= 15 is 0 Å². The van der Waals surface area contributed by atoms with E-state index in [1.54, 1.807) is 7.11 Å². The average molecular weight is 303 g/mol. The first-order chi connectivity index (χ1) is 8.79. The van der Waals surface area contributed by atoms with Crippen LogP contribution in [0.2, 0.25) is 0 Å². The first kappa shape index (κ1) is 11.3. The van der Waals surface area contributed by atoms with Crippen LogP contribution in [0.15, 0.2) is 53.3 Å². The molecule has 1 aromatic carbocycles. The van der Waals surface area contributed by atoms with Gasteiger partial charge < -0.3 is 4.74 Å². The molecule has 0 amide bonds. The molecule has 3 nitrogen and oxygen atoms in total. The molecule has 4 heteroatoms. The summed E-state index contributed by atoms with van der Waals surface area (Å²) in [6.07, 6.45) is 3.85. The second-order valence-electron chi connectivity index (χ2n) is 3.92. The molecule has 0 unspecified atom stereocenters. The van der Waals surface area contributed by atoms with Crippen molar-refractivity contribution in [2.24, 2.45) is 0 Å². The van der Waals surface area contributed by atoms with Crippen LogP contribution in [0.3, 0.4) is 0 Å². The van der Waals surface area contributed by atoms with Gasteiger partial charge >= 0.3 is 0 Å². The van der Waals surface area contributed by atoms with Crippen LogP contribution in [-0.4, -0.2) is 16.5 Å². The van der Waals surface area contributed by atoms with Crippen LogP contribution in [0.25, 0.3) is 16.9 Å². The molecule has 0 aliphatic heterocycles. The van der Waals surface area contributed by atoms with Gasteiger partial charge in [0.1, 0.15) is 11.6 Å². The zero-order valence-electron chi connectivity index (χ0n) is 9.80. The molecule has 0 atom stereocenters. The van der Waals surface area contributed by atoms with E-state index in [9.17, 15) is 0 Å². The van der Waals surface area contributed by atoms with Gasteiger partial charge in [-0.15, -0.1) is 0 Å². The zero-order valence-corrected chi connectivity index (χ0v) is 11.4. The van der Waals surface area contributed by atoms with Gasteiger partial charge in [-0.25, -0.2) is 4.98 Å². The van der Waals surface area contributed by atoms with Crippen LogP contribution in [-0.2, 0) is 0 Å². The number of pyridine rings is 1. The Morgan fingerprint density at radius 2 is 2.11 bits per heavy atom. The number of hydrogen-bond acceptors (Lipinski definition) is 2. The van der Waals surface area contributed by atoms with Crippen LogP contribution in [0.4, 0.5) is 0 Å². The largest absolute Gasteiger partial charge is 0.496 e. The van der Waals surface area contributed by atoms with Gasteiger partial charge in [-0.05, 0) is 30.3 Å². The Labute approximate surface area is 113 Å². The van der Waals surface area contributed by atoms with Gasteiger partial charge in [-0.3, -0.25) is 4.40 Å². The molecule has 3 rings (SSSR count). The summed E-state index contributed by atoms with van der Waals surface area (Å²) in [6.45, 7) is 0. The Morgan fingerprint density at radius 3 is 2.94 bits per heavy atom. The van der Waals surface area contributed by atoms with Gasteiger partial charge in [0.15, 0.2) is 0 Å². The van der Waals surface area contributed by atoms with E-state index in [1.807, 2.05) is 53.2 Å². The number of rotatable bonds is 2. The highest BCUT2D eigenvalue weighted by molar-refractivity contribution is 9.10. The summed E-state index contributed by atoms with van der Waals surface area (Å²) in [5.74, 6) is 1.69. The van der Waals surface area contributed by atoms with E-state index in [-0.39, 0.29) is 0 Å². The lowest BCUT2D eigenvalue weighted by Gasteiger charge is -2.08. The summed E-state index contributed by atoms with van der Waals surface area (Å²) < 4.78 is 8.45. The third kappa shape index (κ3) is 1.78. The number of halogens is 1. The van der Waals surface area contributed by atoms with Crippen molar-refractivity contribution >= 4 is 21.4 Å². The van der Waals surface area contributed by atoms with Crippen molar-refractivity contribution in [1.29, 1.82) is 0 Å². The molecular weight excluding hydrogens is 292 g/mol. The molecule has 2 aromatic heterocycles. The first-order valence-corrected chi connectivity index (χ1v) is 6.35. The SMILES string of the molecule is COc1ccc(Br)cc1-c1ncc2ccccn12. The number of benzene rings is 1. The molecule has 0 bridgehead atoms. The number of fused-ring (bicyclic) bond motifs is 1. The smallest absolute Gasteiger partial charge is 0.148 e. The van der Waals surface area contributed by atoms with Crippen molar-refractivity contribution in [2.45, 2.75) is 0 Å². The number of imidazole rings is 1. The lowest BCUT2D eigenvalue weighted by Crippen LogP contribution is -1.93. The maximum Gasteiger partial charge on any atom is 0.148 e. The number of aromatic nitrogens is 2. The molecule has 18 heavy (non-hydrogen) atoms. The number of nitrogens with zero attached hydrogens (tertiary/aromatic N) is 2. The lowest BCUT2D eigenvalue weighted by atomic mass is 10.2. The predicted octanol–water partition coefficient (Wildman–Crippen LogP) is 3.77. The molecule has 0 aliphatic rings. The zero-order chi connectivity index (χ0) is 12.5. The minimum Gasteiger partial charge on any atom is -0.496 e. The average Bonchev–Trinajstić information content (AvgIpc) is 2.82. The van der Waals surface area contributed by atoms with Gasteiger partial charge in [0.2, 0.25) is 0 Å². The predicted molar refractivity (Wildman–Crippen MR) is 74.9 cm³/mol. The van der Waals surface area contributed by atoms with Gasteiger partial charge in [0.25, 0.3) is 0 Å². The highest BCUT2D eigenvalue weighted by atomic mass is 79.9. The van der Waals surface area contributed by atoms with Crippen molar-refractivity contribution in [3.63, 3.8) is 0 Å².